The second-order valence-electron chi connectivity index (χ2n) is 2.41. The molecule has 0 radical (unpaired) electrons. The summed E-state index contributed by atoms with van der Waals surface area (Å²) in [6.07, 6.45) is 0.751. The first-order valence-electron chi connectivity index (χ1n) is 3.81. The summed E-state index contributed by atoms with van der Waals surface area (Å²) in [5.74, 6) is 1.98. The molecule has 3 heteroatoms. The third-order valence-corrected chi connectivity index (χ3v) is 2.50. The zero-order valence-corrected chi connectivity index (χ0v) is 7.78. The van der Waals surface area contributed by atoms with Crippen molar-refractivity contribution in [2.24, 2.45) is 0 Å². The Morgan fingerprint density at radius 3 is 3.08 bits per heavy atom. The molecule has 0 saturated carbocycles. The molecule has 0 amide bonds. The minimum atomic E-state index is 0.751. The number of carbonyl (C=O) groups excluding carboxylic acids is 1. The van der Waals surface area contributed by atoms with E-state index in [9.17, 15) is 4.79 Å². The summed E-state index contributed by atoms with van der Waals surface area (Å²) in [7, 11) is 1.87. The molecule has 1 aromatic rings. The molecule has 1 rings (SSSR count). The molecule has 1 aromatic heterocycles. The highest BCUT2D eigenvalue weighted by atomic mass is 32.1. The minimum absolute atomic E-state index is 0.751. The first-order chi connectivity index (χ1) is 5.88. The Hall–Kier alpha value is -0.890. The molecule has 1 N–H and O–H groups in total. The van der Waals surface area contributed by atoms with Crippen LogP contribution in [0.4, 0.5) is 0 Å². The summed E-state index contributed by atoms with van der Waals surface area (Å²) in [6, 6.07) is 3.89. The van der Waals surface area contributed by atoms with Crippen LogP contribution in [0.5, 0.6) is 0 Å². The Kier molecular flexibility index (Phi) is 3.74. The van der Waals surface area contributed by atoms with Gasteiger partial charge in [0.15, 0.2) is 0 Å². The Bertz CT molecular complexity index is 273. The lowest BCUT2D eigenvalue weighted by atomic mass is 10.2. The van der Waals surface area contributed by atoms with Gasteiger partial charge in [-0.15, -0.1) is 11.3 Å². The van der Waals surface area contributed by atoms with Gasteiger partial charge in [0.25, 0.3) is 0 Å². The summed E-state index contributed by atoms with van der Waals surface area (Å²) >= 11 is 1.58. The summed E-state index contributed by atoms with van der Waals surface area (Å²) in [5.41, 5.74) is 0.763. The predicted octanol–water partition coefficient (Wildman–Crippen LogP) is 1.57. The normalized spacial score (nSPS) is 9.42. The minimum Gasteiger partial charge on any atom is -0.319 e. The van der Waals surface area contributed by atoms with Crippen molar-refractivity contribution < 1.29 is 4.79 Å². The van der Waals surface area contributed by atoms with Gasteiger partial charge >= 0.3 is 0 Å². The molecule has 0 atom stereocenters. The fourth-order valence-corrected chi connectivity index (χ4v) is 1.67. The second kappa shape index (κ2) is 4.88. The molecule has 0 saturated heterocycles. The van der Waals surface area contributed by atoms with Crippen LogP contribution < -0.4 is 5.32 Å². The van der Waals surface area contributed by atoms with Gasteiger partial charge in [-0.1, -0.05) is 6.07 Å². The van der Waals surface area contributed by atoms with E-state index in [0.29, 0.717) is 0 Å². The van der Waals surface area contributed by atoms with Gasteiger partial charge < -0.3 is 5.32 Å². The van der Waals surface area contributed by atoms with E-state index in [0.717, 1.165) is 23.4 Å². The average molecular weight is 181 g/mol. The van der Waals surface area contributed by atoms with Gasteiger partial charge in [0.1, 0.15) is 5.94 Å². The number of hydrogen-bond acceptors (Lipinski definition) is 3. The van der Waals surface area contributed by atoms with E-state index in [1.165, 1.54) is 0 Å². The first-order valence-corrected chi connectivity index (χ1v) is 4.69. The van der Waals surface area contributed by atoms with E-state index in [4.69, 9.17) is 0 Å². The number of hydrogen-bond donors (Lipinski definition) is 1. The maximum atomic E-state index is 10.5. The van der Waals surface area contributed by atoms with Crippen molar-refractivity contribution in [3.63, 3.8) is 0 Å². The predicted molar refractivity (Wildman–Crippen MR) is 52.0 cm³/mol. The van der Waals surface area contributed by atoms with Crippen LogP contribution in [0.25, 0.3) is 5.57 Å². The molecule has 0 aromatic carbocycles. The van der Waals surface area contributed by atoms with Crippen LogP contribution in [0.15, 0.2) is 17.5 Å². The second-order valence-corrected chi connectivity index (χ2v) is 3.36. The van der Waals surface area contributed by atoms with Crippen molar-refractivity contribution in [3.8, 4) is 0 Å². The number of thiophene rings is 1. The van der Waals surface area contributed by atoms with Crippen molar-refractivity contribution in [2.45, 2.75) is 6.42 Å². The lowest BCUT2D eigenvalue weighted by Gasteiger charge is -1.98. The maximum absolute atomic E-state index is 10.5. The highest BCUT2D eigenvalue weighted by Gasteiger charge is 2.01. The maximum Gasteiger partial charge on any atom is 0.129 e. The van der Waals surface area contributed by atoms with Crippen molar-refractivity contribution in [2.75, 3.05) is 13.6 Å². The molecule has 12 heavy (non-hydrogen) atoms. The third-order valence-electron chi connectivity index (χ3n) is 1.57. The van der Waals surface area contributed by atoms with Crippen molar-refractivity contribution in [1.82, 2.24) is 5.32 Å². The molecule has 0 spiro atoms. The van der Waals surface area contributed by atoms with E-state index in [-0.39, 0.29) is 0 Å². The van der Waals surface area contributed by atoms with Gasteiger partial charge in [-0.05, 0) is 31.5 Å². The van der Waals surface area contributed by atoms with Crippen LogP contribution in [-0.4, -0.2) is 19.5 Å². The van der Waals surface area contributed by atoms with Gasteiger partial charge in [0, 0.05) is 4.88 Å². The van der Waals surface area contributed by atoms with E-state index >= 15 is 0 Å². The van der Waals surface area contributed by atoms with Gasteiger partial charge in [-0.2, -0.15) is 0 Å². The third kappa shape index (κ3) is 2.31. The average Bonchev–Trinajstić information content (AvgIpc) is 2.59. The topological polar surface area (TPSA) is 29.1 Å². The monoisotopic (exact) mass is 181 g/mol. The zero-order chi connectivity index (χ0) is 8.81. The smallest absolute Gasteiger partial charge is 0.129 e. The van der Waals surface area contributed by atoms with Gasteiger partial charge in [0.05, 0.1) is 5.57 Å². The SMILES string of the molecule is CNCCC(=C=O)c1cccs1. The molecule has 1 heterocycles. The van der Waals surface area contributed by atoms with Crippen LogP contribution in [0.2, 0.25) is 0 Å². The molecule has 64 valence electrons. The molecule has 2 nitrogen and oxygen atoms in total. The van der Waals surface area contributed by atoms with E-state index < -0.39 is 0 Å². The molecule has 0 bridgehead atoms. The fourth-order valence-electron chi connectivity index (χ4n) is 0.925. The standard InChI is InChI=1S/C9H11NOS/c1-10-5-4-8(7-11)9-3-2-6-12-9/h2-3,6,10H,4-5H2,1H3. The first kappa shape index (κ1) is 9.20. The van der Waals surface area contributed by atoms with Crippen LogP contribution in [-0.2, 0) is 4.79 Å². The molecule has 0 fully saturated rings. The van der Waals surface area contributed by atoms with E-state index in [1.807, 2.05) is 30.5 Å². The van der Waals surface area contributed by atoms with Crippen molar-refractivity contribution in [3.05, 3.63) is 22.4 Å². The molecule has 0 unspecified atom stereocenters. The van der Waals surface area contributed by atoms with E-state index in [1.54, 1.807) is 11.3 Å². The van der Waals surface area contributed by atoms with Crippen LogP contribution in [0, 0.1) is 0 Å². The Morgan fingerprint density at radius 1 is 1.75 bits per heavy atom. The summed E-state index contributed by atoms with van der Waals surface area (Å²) in [6.45, 7) is 0.822. The highest BCUT2D eigenvalue weighted by Crippen LogP contribution is 2.19. The lowest BCUT2D eigenvalue weighted by Crippen LogP contribution is -2.07. The van der Waals surface area contributed by atoms with Crippen LogP contribution in [0.1, 0.15) is 11.3 Å². The quantitative estimate of drug-likeness (QED) is 0.714. The van der Waals surface area contributed by atoms with Gasteiger partial charge in [-0.3, -0.25) is 0 Å². The molecule has 0 aliphatic carbocycles. The van der Waals surface area contributed by atoms with Gasteiger partial charge in [0.2, 0.25) is 0 Å². The summed E-state index contributed by atoms with van der Waals surface area (Å²) in [4.78, 5) is 11.6. The Labute approximate surface area is 75.9 Å². The summed E-state index contributed by atoms with van der Waals surface area (Å²) in [5, 5.41) is 4.96. The fraction of sp³-hybridized carbons (Fsp3) is 0.333. The van der Waals surface area contributed by atoms with Crippen molar-refractivity contribution >= 4 is 22.9 Å². The van der Waals surface area contributed by atoms with Crippen LogP contribution >= 0.6 is 11.3 Å². The van der Waals surface area contributed by atoms with Gasteiger partial charge in [-0.25, -0.2) is 4.79 Å². The Morgan fingerprint density at radius 2 is 2.58 bits per heavy atom. The number of nitrogens with one attached hydrogen (secondary N) is 1. The molecule has 0 aliphatic rings. The molecule has 0 aliphatic heterocycles. The highest BCUT2D eigenvalue weighted by molar-refractivity contribution is 7.11. The van der Waals surface area contributed by atoms with Crippen LogP contribution in [0.3, 0.4) is 0 Å². The van der Waals surface area contributed by atoms with Crippen molar-refractivity contribution in [1.29, 1.82) is 0 Å². The van der Waals surface area contributed by atoms with E-state index in [2.05, 4.69) is 5.32 Å². The zero-order valence-electron chi connectivity index (χ0n) is 6.96. The largest absolute Gasteiger partial charge is 0.319 e. The Balaban J connectivity index is 2.65. The molecular weight excluding hydrogens is 170 g/mol. The lowest BCUT2D eigenvalue weighted by molar-refractivity contribution is 0.569. The summed E-state index contributed by atoms with van der Waals surface area (Å²) < 4.78 is 0. The number of rotatable bonds is 4. The molecular formula is C9H11NOS.